The van der Waals surface area contributed by atoms with Crippen LogP contribution in [-0.2, 0) is 9.53 Å². The first-order valence-corrected chi connectivity index (χ1v) is 3.86. The Morgan fingerprint density at radius 3 is 2.75 bits per heavy atom. The van der Waals surface area contributed by atoms with E-state index in [0.717, 1.165) is 0 Å². The molecule has 0 bridgehead atoms. The molecule has 0 N–H and O–H groups in total. The second kappa shape index (κ2) is 5.56. The Balaban J connectivity index is 3.86. The van der Waals surface area contributed by atoms with E-state index < -0.39 is 6.04 Å². The number of hydrogen-bond acceptors (Lipinski definition) is 3. The zero-order chi connectivity index (χ0) is 9.56. The van der Waals surface area contributed by atoms with Crippen LogP contribution in [0.1, 0.15) is 13.8 Å². The van der Waals surface area contributed by atoms with Gasteiger partial charge in [0, 0.05) is 13.7 Å². The summed E-state index contributed by atoms with van der Waals surface area (Å²) in [6.07, 6.45) is 0. The van der Waals surface area contributed by atoms with Crippen LogP contribution in [0.2, 0.25) is 0 Å². The van der Waals surface area contributed by atoms with E-state index in [1.807, 2.05) is 13.0 Å². The van der Waals surface area contributed by atoms with E-state index in [1.165, 1.54) is 4.90 Å². The van der Waals surface area contributed by atoms with Gasteiger partial charge in [0.1, 0.15) is 12.6 Å². The van der Waals surface area contributed by atoms with Crippen molar-refractivity contribution in [1.82, 2.24) is 4.90 Å². The molecule has 0 fully saturated rings. The van der Waals surface area contributed by atoms with Gasteiger partial charge in [-0.25, -0.2) is 0 Å². The zero-order valence-electron chi connectivity index (χ0n) is 7.70. The SMILES string of the molecule is CCOCC(=O)N(C)C(C)C#N. The quantitative estimate of drug-likeness (QED) is 0.613. The van der Waals surface area contributed by atoms with Crippen LogP contribution in [0.5, 0.6) is 0 Å². The summed E-state index contributed by atoms with van der Waals surface area (Å²) in [5.74, 6) is -0.161. The predicted octanol–water partition coefficient (Wildman–Crippen LogP) is 0.393. The lowest BCUT2D eigenvalue weighted by molar-refractivity contribution is -0.135. The molecule has 0 aliphatic rings. The lowest BCUT2D eigenvalue weighted by atomic mass is 10.3. The maximum Gasteiger partial charge on any atom is 0.249 e. The largest absolute Gasteiger partial charge is 0.372 e. The summed E-state index contributed by atoms with van der Waals surface area (Å²) in [4.78, 5) is 12.5. The normalized spacial score (nSPS) is 11.8. The molecule has 0 saturated carbocycles. The van der Waals surface area contributed by atoms with Crippen molar-refractivity contribution in [3.05, 3.63) is 0 Å². The van der Waals surface area contributed by atoms with Crippen molar-refractivity contribution in [3.63, 3.8) is 0 Å². The maximum absolute atomic E-state index is 11.2. The van der Waals surface area contributed by atoms with Crippen molar-refractivity contribution in [3.8, 4) is 6.07 Å². The van der Waals surface area contributed by atoms with Crippen LogP contribution in [0, 0.1) is 11.3 Å². The van der Waals surface area contributed by atoms with Crippen LogP contribution in [0.25, 0.3) is 0 Å². The predicted molar refractivity (Wildman–Crippen MR) is 44.3 cm³/mol. The van der Waals surface area contributed by atoms with Gasteiger partial charge < -0.3 is 9.64 Å². The van der Waals surface area contributed by atoms with E-state index in [9.17, 15) is 4.79 Å². The molecule has 0 rings (SSSR count). The van der Waals surface area contributed by atoms with Gasteiger partial charge in [0.05, 0.1) is 6.07 Å². The molecule has 0 aromatic heterocycles. The molecule has 4 nitrogen and oxygen atoms in total. The van der Waals surface area contributed by atoms with Gasteiger partial charge in [0.25, 0.3) is 0 Å². The Labute approximate surface area is 72.7 Å². The monoisotopic (exact) mass is 170 g/mol. The molecule has 0 heterocycles. The van der Waals surface area contributed by atoms with Crippen molar-refractivity contribution in [2.75, 3.05) is 20.3 Å². The zero-order valence-corrected chi connectivity index (χ0v) is 7.70. The first-order chi connectivity index (χ1) is 5.63. The van der Waals surface area contributed by atoms with Gasteiger partial charge >= 0.3 is 0 Å². The maximum atomic E-state index is 11.2. The third kappa shape index (κ3) is 3.35. The summed E-state index contributed by atoms with van der Waals surface area (Å²) < 4.78 is 4.91. The summed E-state index contributed by atoms with van der Waals surface area (Å²) in [5.41, 5.74) is 0. The van der Waals surface area contributed by atoms with E-state index in [0.29, 0.717) is 6.61 Å². The minimum absolute atomic E-state index is 0.0546. The summed E-state index contributed by atoms with van der Waals surface area (Å²) in [6, 6.07) is 1.58. The first kappa shape index (κ1) is 10.9. The number of ether oxygens (including phenoxy) is 1. The highest BCUT2D eigenvalue weighted by Crippen LogP contribution is 1.94. The molecule has 68 valence electrons. The molecule has 1 atom stereocenters. The topological polar surface area (TPSA) is 53.3 Å². The molecule has 0 aromatic carbocycles. The van der Waals surface area contributed by atoms with E-state index in [-0.39, 0.29) is 12.5 Å². The molecule has 4 heteroatoms. The molecule has 0 aliphatic carbocycles. The third-order valence-corrected chi connectivity index (χ3v) is 1.59. The van der Waals surface area contributed by atoms with E-state index >= 15 is 0 Å². The highest BCUT2D eigenvalue weighted by molar-refractivity contribution is 5.77. The Kier molecular flexibility index (Phi) is 5.06. The average molecular weight is 170 g/mol. The minimum Gasteiger partial charge on any atom is -0.372 e. The molecule has 0 aliphatic heterocycles. The molecule has 0 spiro atoms. The second-order valence-electron chi connectivity index (χ2n) is 2.45. The molecular formula is C8H14N2O2. The Bertz CT molecular complexity index is 186. The number of carbonyl (C=O) groups is 1. The van der Waals surface area contributed by atoms with Crippen LogP contribution in [-0.4, -0.2) is 37.1 Å². The lowest BCUT2D eigenvalue weighted by Crippen LogP contribution is -2.36. The van der Waals surface area contributed by atoms with Gasteiger partial charge in [-0.3, -0.25) is 4.79 Å². The van der Waals surface area contributed by atoms with Crippen molar-refractivity contribution in [2.45, 2.75) is 19.9 Å². The van der Waals surface area contributed by atoms with Gasteiger partial charge in [-0.2, -0.15) is 5.26 Å². The van der Waals surface area contributed by atoms with Crippen LogP contribution in [0.3, 0.4) is 0 Å². The molecule has 12 heavy (non-hydrogen) atoms. The van der Waals surface area contributed by atoms with Gasteiger partial charge in [-0.15, -0.1) is 0 Å². The fraction of sp³-hybridized carbons (Fsp3) is 0.750. The number of likely N-dealkylation sites (N-methyl/N-ethyl adjacent to an activating group) is 1. The second-order valence-corrected chi connectivity index (χ2v) is 2.45. The molecule has 1 unspecified atom stereocenters. The van der Waals surface area contributed by atoms with Gasteiger partial charge in [0.15, 0.2) is 0 Å². The highest BCUT2D eigenvalue weighted by Gasteiger charge is 2.13. The molecule has 1 amide bonds. The van der Waals surface area contributed by atoms with Crippen LogP contribution in [0.4, 0.5) is 0 Å². The minimum atomic E-state index is -0.391. The van der Waals surface area contributed by atoms with E-state index in [1.54, 1.807) is 14.0 Å². The molecule has 0 aromatic rings. The molecule has 0 radical (unpaired) electrons. The van der Waals surface area contributed by atoms with Crippen LogP contribution >= 0.6 is 0 Å². The lowest BCUT2D eigenvalue weighted by Gasteiger charge is -2.18. The number of nitriles is 1. The summed E-state index contributed by atoms with van der Waals surface area (Å²) >= 11 is 0. The molecule has 0 saturated heterocycles. The fourth-order valence-electron chi connectivity index (χ4n) is 0.594. The Morgan fingerprint density at radius 2 is 2.33 bits per heavy atom. The Morgan fingerprint density at radius 1 is 1.75 bits per heavy atom. The summed E-state index contributed by atoms with van der Waals surface area (Å²) in [5, 5.41) is 8.49. The van der Waals surface area contributed by atoms with Crippen molar-refractivity contribution in [1.29, 1.82) is 5.26 Å². The van der Waals surface area contributed by atoms with Crippen molar-refractivity contribution >= 4 is 5.91 Å². The smallest absolute Gasteiger partial charge is 0.249 e. The summed E-state index contributed by atoms with van der Waals surface area (Å²) in [7, 11) is 1.59. The van der Waals surface area contributed by atoms with E-state index in [2.05, 4.69) is 0 Å². The molecular weight excluding hydrogens is 156 g/mol. The number of rotatable bonds is 4. The van der Waals surface area contributed by atoms with E-state index in [4.69, 9.17) is 10.00 Å². The first-order valence-electron chi connectivity index (χ1n) is 3.86. The van der Waals surface area contributed by atoms with Gasteiger partial charge in [-0.05, 0) is 13.8 Å². The van der Waals surface area contributed by atoms with Crippen LogP contribution < -0.4 is 0 Å². The van der Waals surface area contributed by atoms with Crippen LogP contribution in [0.15, 0.2) is 0 Å². The fourth-order valence-corrected chi connectivity index (χ4v) is 0.594. The Hall–Kier alpha value is -1.08. The van der Waals surface area contributed by atoms with Crippen molar-refractivity contribution < 1.29 is 9.53 Å². The third-order valence-electron chi connectivity index (χ3n) is 1.59. The highest BCUT2D eigenvalue weighted by atomic mass is 16.5. The average Bonchev–Trinajstić information content (AvgIpc) is 2.11. The van der Waals surface area contributed by atoms with Gasteiger partial charge in [-0.1, -0.05) is 0 Å². The number of hydrogen-bond donors (Lipinski definition) is 0. The number of amides is 1. The number of nitrogens with zero attached hydrogens (tertiary/aromatic N) is 2. The van der Waals surface area contributed by atoms with Crippen molar-refractivity contribution in [2.24, 2.45) is 0 Å². The van der Waals surface area contributed by atoms with Gasteiger partial charge in [0.2, 0.25) is 5.91 Å². The number of carbonyl (C=O) groups excluding carboxylic acids is 1. The summed E-state index contributed by atoms with van der Waals surface area (Å²) in [6.45, 7) is 4.06. The standard InChI is InChI=1S/C8H14N2O2/c1-4-12-6-8(11)10(3)7(2)5-9/h7H,4,6H2,1-3H3.